The fourth-order valence-corrected chi connectivity index (χ4v) is 3.84. The smallest absolute Gasteiger partial charge is 0.250 e. The zero-order valence-electron chi connectivity index (χ0n) is 14.2. The number of nitrogens with zero attached hydrogens (tertiary/aromatic N) is 2. The number of rotatable bonds is 5. The molecule has 0 spiro atoms. The van der Waals surface area contributed by atoms with Crippen molar-refractivity contribution in [3.63, 3.8) is 0 Å². The maximum Gasteiger partial charge on any atom is 0.250 e. The van der Waals surface area contributed by atoms with Crippen LogP contribution >= 0.6 is 0 Å². The van der Waals surface area contributed by atoms with Gasteiger partial charge in [0, 0.05) is 49.9 Å². The molecule has 0 unspecified atom stereocenters. The summed E-state index contributed by atoms with van der Waals surface area (Å²) in [6, 6.07) is 4.65. The zero-order chi connectivity index (χ0) is 16.4. The topological polar surface area (TPSA) is 54.3 Å². The number of hydrogen-bond donors (Lipinski definition) is 1. The number of aromatic nitrogens is 1. The van der Waals surface area contributed by atoms with Crippen molar-refractivity contribution < 1.29 is 4.79 Å². The second kappa shape index (κ2) is 6.87. The maximum atomic E-state index is 12.3. The summed E-state index contributed by atoms with van der Waals surface area (Å²) in [5, 5.41) is 3.60. The van der Waals surface area contributed by atoms with E-state index in [-0.39, 0.29) is 11.5 Å². The van der Waals surface area contributed by atoms with E-state index in [9.17, 15) is 9.59 Å². The van der Waals surface area contributed by atoms with Crippen LogP contribution < -0.4 is 10.9 Å². The van der Waals surface area contributed by atoms with Gasteiger partial charge in [0.25, 0.3) is 5.56 Å². The molecule has 1 N–H and O–H groups in total. The van der Waals surface area contributed by atoms with Crippen LogP contribution in [0, 0.1) is 0 Å². The largest absolute Gasteiger partial charge is 0.341 e. The molecular formula is C18H27N3O2. The van der Waals surface area contributed by atoms with Crippen LogP contribution in [0.15, 0.2) is 16.9 Å². The molecule has 5 heteroatoms. The lowest BCUT2D eigenvalue weighted by Crippen LogP contribution is -2.41. The first-order valence-electron chi connectivity index (χ1n) is 8.80. The van der Waals surface area contributed by atoms with Gasteiger partial charge in [-0.05, 0) is 31.2 Å². The van der Waals surface area contributed by atoms with Gasteiger partial charge in [-0.1, -0.05) is 19.9 Å². The highest BCUT2D eigenvalue weighted by molar-refractivity contribution is 5.77. The number of carbonyl (C=O) groups excluding carboxylic acids is 1. The molecule has 1 aliphatic heterocycles. The lowest BCUT2D eigenvalue weighted by molar-refractivity contribution is -0.127. The standard InChI is InChI=1S/C18H27N3O2/c1-13(2)19-15-6-7-16-14(12-15)5-8-18(23)21(16)11-10-20-9-3-4-17(20)22/h5,8,13,15,19H,3-4,6-7,9-12H2,1-2H3/t15-/m0/s1. The van der Waals surface area contributed by atoms with Gasteiger partial charge >= 0.3 is 0 Å². The Hall–Kier alpha value is -1.62. The minimum absolute atomic E-state index is 0.0608. The fraction of sp³-hybridized carbons (Fsp3) is 0.667. The van der Waals surface area contributed by atoms with Gasteiger partial charge in [0.2, 0.25) is 5.91 Å². The molecule has 1 aliphatic carbocycles. The van der Waals surface area contributed by atoms with E-state index in [2.05, 4.69) is 19.2 Å². The van der Waals surface area contributed by atoms with E-state index < -0.39 is 0 Å². The third-order valence-corrected chi connectivity index (χ3v) is 4.92. The van der Waals surface area contributed by atoms with Crippen molar-refractivity contribution >= 4 is 5.91 Å². The van der Waals surface area contributed by atoms with Gasteiger partial charge in [-0.2, -0.15) is 0 Å². The van der Waals surface area contributed by atoms with Crippen LogP contribution in [0.3, 0.4) is 0 Å². The first kappa shape index (κ1) is 16.2. The molecule has 126 valence electrons. The molecule has 2 heterocycles. The second-order valence-corrected chi connectivity index (χ2v) is 7.04. The molecule has 1 aromatic heterocycles. The Morgan fingerprint density at radius 3 is 2.74 bits per heavy atom. The predicted octanol–water partition coefficient (Wildman–Crippen LogP) is 1.33. The Morgan fingerprint density at radius 1 is 1.22 bits per heavy atom. The van der Waals surface area contributed by atoms with E-state index in [1.807, 2.05) is 15.5 Å². The third-order valence-electron chi connectivity index (χ3n) is 4.92. The number of hydrogen-bond acceptors (Lipinski definition) is 3. The highest BCUT2D eigenvalue weighted by Crippen LogP contribution is 2.21. The van der Waals surface area contributed by atoms with Crippen molar-refractivity contribution in [2.24, 2.45) is 0 Å². The predicted molar refractivity (Wildman–Crippen MR) is 90.6 cm³/mol. The maximum absolute atomic E-state index is 12.3. The van der Waals surface area contributed by atoms with E-state index >= 15 is 0 Å². The van der Waals surface area contributed by atoms with Crippen molar-refractivity contribution in [3.05, 3.63) is 33.7 Å². The molecule has 1 aromatic rings. The molecule has 3 rings (SSSR count). The highest BCUT2D eigenvalue weighted by Gasteiger charge is 2.23. The molecule has 23 heavy (non-hydrogen) atoms. The summed E-state index contributed by atoms with van der Waals surface area (Å²) in [5.74, 6) is 0.226. The van der Waals surface area contributed by atoms with Crippen LogP contribution in [0.1, 0.15) is 44.4 Å². The SMILES string of the molecule is CC(C)N[C@H]1CCc2c(ccc(=O)n2CCN2CCCC2=O)C1. The van der Waals surface area contributed by atoms with Gasteiger partial charge in [-0.15, -0.1) is 0 Å². The van der Waals surface area contributed by atoms with Gasteiger partial charge in [0.05, 0.1) is 0 Å². The van der Waals surface area contributed by atoms with E-state index in [0.29, 0.717) is 31.6 Å². The lowest BCUT2D eigenvalue weighted by atomic mass is 9.91. The van der Waals surface area contributed by atoms with Crippen molar-refractivity contribution in [3.8, 4) is 0 Å². The molecule has 0 saturated carbocycles. The Labute approximate surface area is 137 Å². The van der Waals surface area contributed by atoms with Crippen molar-refractivity contribution in [2.45, 2.75) is 64.6 Å². The van der Waals surface area contributed by atoms with Crippen LogP contribution in [0.4, 0.5) is 0 Å². The van der Waals surface area contributed by atoms with Gasteiger partial charge in [0.1, 0.15) is 0 Å². The average Bonchev–Trinajstić information content (AvgIpc) is 2.91. The first-order chi connectivity index (χ1) is 11.0. The minimum atomic E-state index is 0.0608. The Balaban J connectivity index is 1.74. The van der Waals surface area contributed by atoms with Crippen LogP contribution in [0.2, 0.25) is 0 Å². The molecular weight excluding hydrogens is 290 g/mol. The molecule has 1 atom stereocenters. The lowest BCUT2D eigenvalue weighted by Gasteiger charge is -2.29. The normalized spacial score (nSPS) is 21.1. The Morgan fingerprint density at radius 2 is 2.04 bits per heavy atom. The summed E-state index contributed by atoms with van der Waals surface area (Å²) in [7, 11) is 0. The summed E-state index contributed by atoms with van der Waals surface area (Å²) in [6.07, 6.45) is 4.59. The van der Waals surface area contributed by atoms with Crippen molar-refractivity contribution in [1.29, 1.82) is 0 Å². The Bertz CT molecular complexity index is 636. The van der Waals surface area contributed by atoms with E-state index in [4.69, 9.17) is 0 Å². The third kappa shape index (κ3) is 3.66. The molecule has 1 amide bonds. The van der Waals surface area contributed by atoms with E-state index in [0.717, 1.165) is 32.2 Å². The quantitative estimate of drug-likeness (QED) is 0.891. The molecule has 1 fully saturated rings. The number of pyridine rings is 1. The second-order valence-electron chi connectivity index (χ2n) is 7.04. The number of carbonyl (C=O) groups is 1. The summed E-state index contributed by atoms with van der Waals surface area (Å²) in [5.41, 5.74) is 2.51. The summed E-state index contributed by atoms with van der Waals surface area (Å²) in [4.78, 5) is 25.9. The van der Waals surface area contributed by atoms with Gasteiger partial charge in [-0.25, -0.2) is 0 Å². The van der Waals surface area contributed by atoms with Crippen molar-refractivity contribution in [1.82, 2.24) is 14.8 Å². The molecule has 2 aliphatic rings. The summed E-state index contributed by atoms with van der Waals surface area (Å²) >= 11 is 0. The zero-order valence-corrected chi connectivity index (χ0v) is 14.2. The molecule has 5 nitrogen and oxygen atoms in total. The molecule has 1 saturated heterocycles. The Kier molecular flexibility index (Phi) is 4.85. The number of nitrogens with one attached hydrogen (secondary N) is 1. The molecule has 0 aromatic carbocycles. The molecule has 0 bridgehead atoms. The van der Waals surface area contributed by atoms with Gasteiger partial charge in [-0.3, -0.25) is 9.59 Å². The van der Waals surface area contributed by atoms with Crippen molar-refractivity contribution in [2.75, 3.05) is 13.1 Å². The average molecular weight is 317 g/mol. The van der Waals surface area contributed by atoms with Gasteiger partial charge in [0.15, 0.2) is 0 Å². The highest BCUT2D eigenvalue weighted by atomic mass is 16.2. The fourth-order valence-electron chi connectivity index (χ4n) is 3.84. The van der Waals surface area contributed by atoms with Crippen LogP contribution in [-0.4, -0.2) is 40.5 Å². The monoisotopic (exact) mass is 317 g/mol. The van der Waals surface area contributed by atoms with E-state index in [1.54, 1.807) is 6.07 Å². The minimum Gasteiger partial charge on any atom is -0.341 e. The van der Waals surface area contributed by atoms with Crippen LogP contribution in [0.25, 0.3) is 0 Å². The number of amides is 1. The van der Waals surface area contributed by atoms with E-state index in [1.165, 1.54) is 11.3 Å². The van der Waals surface area contributed by atoms with Crippen LogP contribution in [-0.2, 0) is 24.2 Å². The molecule has 0 radical (unpaired) electrons. The first-order valence-corrected chi connectivity index (χ1v) is 8.80. The summed E-state index contributed by atoms with van der Waals surface area (Å²) in [6.45, 7) is 6.45. The number of fused-ring (bicyclic) bond motifs is 1. The van der Waals surface area contributed by atoms with Crippen LogP contribution in [0.5, 0.6) is 0 Å². The number of likely N-dealkylation sites (tertiary alicyclic amines) is 1. The van der Waals surface area contributed by atoms with Gasteiger partial charge < -0.3 is 14.8 Å². The summed E-state index contributed by atoms with van der Waals surface area (Å²) < 4.78 is 1.90.